The van der Waals surface area contributed by atoms with Gasteiger partial charge in [0.05, 0.1) is 34.2 Å². The maximum Gasteiger partial charge on any atom is 3.00 e. The Labute approximate surface area is 409 Å². The fourth-order valence-corrected chi connectivity index (χ4v) is 6.97. The second-order valence-electron chi connectivity index (χ2n) is 15.2. The molecule has 69 heavy (non-hydrogen) atoms. The topological polar surface area (TPSA) is 247 Å². The molecule has 0 unspecified atom stereocenters. The van der Waals surface area contributed by atoms with Gasteiger partial charge in [-0.2, -0.15) is 0 Å². The number of pyridine rings is 2. The number of carbonyl (C=O) groups is 4. The van der Waals surface area contributed by atoms with Crippen LogP contribution in [0.15, 0.2) is 184 Å². The number of hydrogen-bond acceptors (Lipinski definition) is 13. The number of H-pyrrole nitrogens is 1. The molecule has 1 aromatic carbocycles. The van der Waals surface area contributed by atoms with E-state index in [2.05, 4.69) is 90.0 Å². The first-order valence-corrected chi connectivity index (χ1v) is 20.8. The van der Waals surface area contributed by atoms with Gasteiger partial charge in [-0.1, -0.05) is 24.3 Å². The SMILES string of the molecule is CC(=O)[O-].CC(=O)[O-].CC(=O)[O-].CC(=O)[O-].CN1C=CC(=C2C3=NC(=C(c4cc[n+](C)cc4)C4=NC(=C(c5cc[n+](C)cc5)C5=NC(=C(c6ccc([O-])cc6)c6ccc2[nH]6)C=C5)C=C4)C=C3)C=C1.[Mn+3]. The molecule has 17 heteroatoms. The Kier molecular flexibility index (Phi) is 18.7. The van der Waals surface area contributed by atoms with Gasteiger partial charge in [0, 0.05) is 101 Å². The number of benzene rings is 1. The summed E-state index contributed by atoms with van der Waals surface area (Å²) in [5.74, 6) is -4.38. The number of fused-ring (bicyclic) bond motifs is 5. The van der Waals surface area contributed by atoms with Crippen LogP contribution >= 0.6 is 0 Å². The number of aromatic amines is 1. The van der Waals surface area contributed by atoms with Crippen molar-refractivity contribution in [2.75, 3.05) is 7.05 Å². The molecule has 0 fully saturated rings. The predicted octanol–water partition coefficient (Wildman–Crippen LogP) is 1.11. The van der Waals surface area contributed by atoms with Gasteiger partial charge in [0.1, 0.15) is 14.1 Å². The molecule has 0 saturated carbocycles. The van der Waals surface area contributed by atoms with Gasteiger partial charge >= 0.3 is 17.1 Å². The summed E-state index contributed by atoms with van der Waals surface area (Å²) < 4.78 is 4.04. The molecule has 8 bridgehead atoms. The van der Waals surface area contributed by atoms with Crippen LogP contribution in [0.1, 0.15) is 55.8 Å². The fourth-order valence-electron chi connectivity index (χ4n) is 6.97. The Hall–Kier alpha value is -8.53. The molecule has 0 saturated heterocycles. The van der Waals surface area contributed by atoms with E-state index in [1.165, 1.54) is 0 Å². The van der Waals surface area contributed by atoms with Crippen LogP contribution in [0.2, 0.25) is 0 Å². The van der Waals surface area contributed by atoms with E-state index >= 15 is 0 Å². The molecular formula is C52H46MnN7O9. The number of aliphatic carboxylic acids is 4. The number of hydrogen-bond donors (Lipinski definition) is 1. The van der Waals surface area contributed by atoms with E-state index in [1.807, 2.05) is 84.5 Å². The largest absolute Gasteiger partial charge is 3.00 e. The minimum atomic E-state index is -1.08. The second kappa shape index (κ2) is 24.3. The summed E-state index contributed by atoms with van der Waals surface area (Å²) in [5, 5.41) is 47.8. The third-order valence-electron chi connectivity index (χ3n) is 9.63. The molecule has 0 aliphatic carbocycles. The van der Waals surface area contributed by atoms with Crippen molar-refractivity contribution in [2.45, 2.75) is 27.7 Å². The van der Waals surface area contributed by atoms with Crippen LogP contribution < -0.4 is 34.7 Å². The van der Waals surface area contributed by atoms with Gasteiger partial charge in [-0.25, -0.2) is 24.1 Å². The summed E-state index contributed by atoms with van der Waals surface area (Å²) in [5.41, 5.74) is 14.4. The van der Waals surface area contributed by atoms with Crippen LogP contribution in [0.4, 0.5) is 0 Å². The third kappa shape index (κ3) is 14.7. The van der Waals surface area contributed by atoms with Gasteiger partial charge in [-0.3, -0.25) is 0 Å². The van der Waals surface area contributed by atoms with Crippen LogP contribution in [-0.2, 0) is 50.3 Å². The number of nitrogens with zero attached hydrogens (tertiary/aromatic N) is 6. The van der Waals surface area contributed by atoms with Crippen LogP contribution in [0, 0.1) is 0 Å². The molecular weight excluding hydrogens is 922 g/mol. The van der Waals surface area contributed by atoms with Gasteiger partial charge in [0.15, 0.2) is 24.8 Å². The van der Waals surface area contributed by atoms with Crippen LogP contribution in [0.5, 0.6) is 5.75 Å². The Balaban J connectivity index is 0.000000535. The molecule has 4 aromatic rings. The molecule has 0 atom stereocenters. The predicted molar refractivity (Wildman–Crippen MR) is 247 cm³/mol. The molecule has 5 aliphatic rings. The van der Waals surface area contributed by atoms with Gasteiger partial charge in [0.2, 0.25) is 0 Å². The fraction of sp³-hybridized carbons (Fsp3) is 0.135. The molecule has 1 N–H and O–H groups in total. The number of carbonyl (C=O) groups excluding carboxylic acids is 4. The first kappa shape index (κ1) is 53.1. The van der Waals surface area contributed by atoms with Gasteiger partial charge < -0.3 is 54.6 Å². The van der Waals surface area contributed by atoms with E-state index in [-0.39, 0.29) is 22.8 Å². The number of rotatable bonds is 3. The van der Waals surface area contributed by atoms with Crippen molar-refractivity contribution >= 4 is 63.3 Å². The van der Waals surface area contributed by atoms with Crippen molar-refractivity contribution in [3.63, 3.8) is 0 Å². The van der Waals surface area contributed by atoms with Crippen LogP contribution in [0.3, 0.4) is 0 Å². The smallest absolute Gasteiger partial charge is 0.872 e. The maximum absolute atomic E-state index is 12.2. The van der Waals surface area contributed by atoms with Gasteiger partial charge in [-0.15, -0.1) is 5.75 Å². The normalized spacial score (nSPS) is 14.7. The zero-order valence-corrected chi connectivity index (χ0v) is 39.8. The Bertz CT molecular complexity index is 2930. The Morgan fingerprint density at radius 3 is 1.17 bits per heavy atom. The van der Waals surface area contributed by atoms with Crippen molar-refractivity contribution in [3.8, 4) is 5.75 Å². The Morgan fingerprint density at radius 1 is 0.478 bits per heavy atom. The monoisotopic (exact) mass is 967 g/mol. The number of carboxylic acid groups (broad SMARTS) is 4. The average molecular weight is 968 g/mol. The van der Waals surface area contributed by atoms with Crippen LogP contribution in [-0.4, -0.2) is 57.9 Å². The summed E-state index contributed by atoms with van der Waals surface area (Å²) in [4.78, 5) is 57.3. The summed E-state index contributed by atoms with van der Waals surface area (Å²) in [6.45, 7) is 3.89. The van der Waals surface area contributed by atoms with Crippen molar-refractivity contribution in [1.29, 1.82) is 0 Å². The van der Waals surface area contributed by atoms with E-state index in [0.29, 0.717) is 0 Å². The zero-order chi connectivity index (χ0) is 49.7. The van der Waals surface area contributed by atoms with Crippen molar-refractivity contribution in [2.24, 2.45) is 29.1 Å². The maximum atomic E-state index is 12.2. The summed E-state index contributed by atoms with van der Waals surface area (Å²) in [6.07, 6.45) is 28.9. The third-order valence-corrected chi connectivity index (χ3v) is 9.63. The molecule has 350 valence electrons. The van der Waals surface area contributed by atoms with Crippen molar-refractivity contribution in [1.82, 2.24) is 9.88 Å². The first-order chi connectivity index (χ1) is 32.3. The number of aliphatic imine (C=N–C) groups is 3. The number of aryl methyl sites for hydroxylation is 2. The molecule has 0 amide bonds. The van der Waals surface area contributed by atoms with E-state index in [0.717, 1.165) is 118 Å². The van der Waals surface area contributed by atoms with Gasteiger partial charge in [-0.05, 0) is 111 Å². The number of aromatic nitrogens is 3. The van der Waals surface area contributed by atoms with E-state index < -0.39 is 23.9 Å². The van der Waals surface area contributed by atoms with Crippen molar-refractivity contribution in [3.05, 3.63) is 197 Å². The average Bonchev–Trinajstić information content (AvgIpc) is 4.11. The molecule has 8 heterocycles. The first-order valence-electron chi connectivity index (χ1n) is 20.8. The second-order valence-corrected chi connectivity index (χ2v) is 15.2. The minimum Gasteiger partial charge on any atom is -0.872 e. The number of nitrogens with one attached hydrogen (secondary N) is 1. The molecule has 0 radical (unpaired) electrons. The standard InChI is InChI=1S/C44H34N7O.4C2H4O2.Mn/c1-49-22-16-29(17-23-49)42-35-10-8-33(45-35)41(28-4-6-32(52)7-5-28)34-9-11-36(46-34)43(30-18-24-50(2)25-19-30)38-13-15-40(48-38)44(39-14-12-37(42)47-39)31-20-26-51(3)27-21-31;4*1-2(3)4;/h4-27H,1-3H3,(H-,45,46,47,48,52);4*1H3,(H,3,4);/q+1;;;;;+3/p-4. The number of allylic oxidation sites excluding steroid dienone is 12. The molecule has 3 aromatic heterocycles. The molecule has 9 rings (SSSR count). The number of carboxylic acids is 4. The van der Waals surface area contributed by atoms with Crippen LogP contribution in [0.25, 0.3) is 22.3 Å². The summed E-state index contributed by atoms with van der Waals surface area (Å²) >= 11 is 0. The molecule has 0 spiro atoms. The zero-order valence-electron chi connectivity index (χ0n) is 38.6. The minimum absolute atomic E-state index is 0. The Morgan fingerprint density at radius 2 is 0.797 bits per heavy atom. The summed E-state index contributed by atoms with van der Waals surface area (Å²) in [7, 11) is 6.03. The van der Waals surface area contributed by atoms with E-state index in [1.54, 1.807) is 12.1 Å². The molecule has 5 aliphatic heterocycles. The van der Waals surface area contributed by atoms with Gasteiger partial charge in [0.25, 0.3) is 0 Å². The van der Waals surface area contributed by atoms with Crippen molar-refractivity contribution < 1.29 is 70.9 Å². The van der Waals surface area contributed by atoms with E-state index in [4.69, 9.17) is 54.6 Å². The summed E-state index contributed by atoms with van der Waals surface area (Å²) in [6, 6.07) is 19.5. The van der Waals surface area contributed by atoms with E-state index in [9.17, 15) is 5.11 Å². The molecule has 16 nitrogen and oxygen atoms in total. The quantitative estimate of drug-likeness (QED) is 0.226.